The lowest BCUT2D eigenvalue weighted by molar-refractivity contribution is -0.137. The van der Waals surface area contributed by atoms with Crippen LogP contribution in [-0.2, 0) is 11.0 Å². The van der Waals surface area contributed by atoms with Crippen molar-refractivity contribution in [1.29, 1.82) is 0 Å². The maximum atomic E-state index is 13.0. The first-order valence-corrected chi connectivity index (χ1v) is 11.3. The lowest BCUT2D eigenvalue weighted by Crippen LogP contribution is -2.56. The first-order chi connectivity index (χ1) is 15.9. The monoisotopic (exact) mass is 457 g/mol. The van der Waals surface area contributed by atoms with Gasteiger partial charge >= 0.3 is 6.18 Å². The van der Waals surface area contributed by atoms with E-state index in [2.05, 4.69) is 19.8 Å². The molecule has 6 nitrogen and oxygen atoms in total. The van der Waals surface area contributed by atoms with Gasteiger partial charge in [0, 0.05) is 44.5 Å². The Balaban J connectivity index is 1.18. The van der Waals surface area contributed by atoms with Gasteiger partial charge in [-0.15, -0.1) is 0 Å². The van der Waals surface area contributed by atoms with Crippen molar-refractivity contribution in [1.82, 2.24) is 19.8 Å². The molecule has 2 bridgehead atoms. The Kier molecular flexibility index (Phi) is 5.82. The summed E-state index contributed by atoms with van der Waals surface area (Å²) in [5.74, 6) is 1.02. The number of piperazine rings is 1. The Hall–Kier alpha value is -2.94. The molecule has 2 fully saturated rings. The molecule has 2 unspecified atom stereocenters. The van der Waals surface area contributed by atoms with Crippen LogP contribution in [0.4, 0.5) is 19.0 Å². The average molecular weight is 458 g/mol. The van der Waals surface area contributed by atoms with E-state index in [-0.39, 0.29) is 5.91 Å². The third-order valence-electron chi connectivity index (χ3n) is 6.87. The number of amides is 1. The van der Waals surface area contributed by atoms with E-state index in [1.807, 2.05) is 12.1 Å². The molecule has 3 aliphatic heterocycles. The molecule has 4 heterocycles. The molecule has 174 valence electrons. The largest absolute Gasteiger partial charge is 0.416 e. The summed E-state index contributed by atoms with van der Waals surface area (Å²) in [7, 11) is 0. The van der Waals surface area contributed by atoms with Crippen LogP contribution >= 0.6 is 0 Å². The summed E-state index contributed by atoms with van der Waals surface area (Å²) < 4.78 is 39.1. The summed E-state index contributed by atoms with van der Waals surface area (Å²) in [6.45, 7) is 2.97. The fraction of sp³-hybridized carbons (Fsp3) is 0.458. The van der Waals surface area contributed by atoms with Crippen LogP contribution in [0, 0.1) is 0 Å². The number of fused-ring (bicyclic) bond motifs is 2. The van der Waals surface area contributed by atoms with E-state index in [0.29, 0.717) is 43.7 Å². The molecular formula is C24H26F3N5O. The normalized spacial score (nSPS) is 23.5. The van der Waals surface area contributed by atoms with Crippen molar-refractivity contribution in [3.63, 3.8) is 0 Å². The fourth-order valence-electron chi connectivity index (χ4n) is 5.27. The molecule has 2 aromatic rings. The zero-order valence-electron chi connectivity index (χ0n) is 18.2. The fourth-order valence-corrected chi connectivity index (χ4v) is 5.27. The lowest BCUT2D eigenvalue weighted by Gasteiger charge is -2.42. The third-order valence-corrected chi connectivity index (χ3v) is 6.87. The highest BCUT2D eigenvalue weighted by atomic mass is 19.4. The van der Waals surface area contributed by atoms with Crippen molar-refractivity contribution >= 4 is 17.3 Å². The Morgan fingerprint density at radius 2 is 1.91 bits per heavy atom. The number of hydrogen-bond donors (Lipinski definition) is 0. The van der Waals surface area contributed by atoms with Crippen molar-refractivity contribution in [2.24, 2.45) is 0 Å². The minimum atomic E-state index is -4.36. The molecule has 0 spiro atoms. The van der Waals surface area contributed by atoms with Gasteiger partial charge in [-0.2, -0.15) is 13.2 Å². The Bertz CT molecular complexity index is 1030. The van der Waals surface area contributed by atoms with Gasteiger partial charge in [0.15, 0.2) is 0 Å². The quantitative estimate of drug-likeness (QED) is 0.704. The molecule has 0 saturated carbocycles. The van der Waals surface area contributed by atoms with Crippen LogP contribution < -0.4 is 4.90 Å². The molecule has 1 aromatic carbocycles. The van der Waals surface area contributed by atoms with Gasteiger partial charge in [0.2, 0.25) is 5.91 Å². The second kappa shape index (κ2) is 8.78. The molecule has 9 heteroatoms. The number of aromatic nitrogens is 2. The maximum Gasteiger partial charge on any atom is 0.416 e. The molecule has 0 radical (unpaired) electrons. The summed E-state index contributed by atoms with van der Waals surface area (Å²) in [6.07, 6.45) is 3.59. The van der Waals surface area contributed by atoms with E-state index in [0.717, 1.165) is 43.4 Å². The topological polar surface area (TPSA) is 52.6 Å². The number of halogens is 3. The van der Waals surface area contributed by atoms with Gasteiger partial charge in [-0.25, -0.2) is 9.97 Å². The van der Waals surface area contributed by atoms with Crippen molar-refractivity contribution in [3.05, 3.63) is 60.1 Å². The standard InChI is InChI=1S/C24H26F3N5O/c25-24(26,27)19-3-1-2-18(12-19)17-7-10-31(11-8-17)23(33)15-30-13-20-4-5-21(14-30)32(20)22-6-9-28-16-29-22/h1-3,6-7,9,12,16,20-21H,4-5,8,10-11,13-15H2. The van der Waals surface area contributed by atoms with Crippen LogP contribution in [0.15, 0.2) is 48.9 Å². The summed E-state index contributed by atoms with van der Waals surface area (Å²) in [4.78, 5) is 27.8. The first-order valence-electron chi connectivity index (χ1n) is 11.3. The Labute approximate surface area is 190 Å². The van der Waals surface area contributed by atoms with Gasteiger partial charge in [-0.1, -0.05) is 18.2 Å². The Morgan fingerprint density at radius 1 is 1.12 bits per heavy atom. The zero-order valence-corrected chi connectivity index (χ0v) is 18.2. The molecule has 1 aromatic heterocycles. The number of hydrogen-bond acceptors (Lipinski definition) is 5. The summed E-state index contributed by atoms with van der Waals surface area (Å²) in [5.41, 5.74) is 0.797. The number of alkyl halides is 3. The van der Waals surface area contributed by atoms with Crippen LogP contribution in [0.1, 0.15) is 30.4 Å². The van der Waals surface area contributed by atoms with Gasteiger partial charge in [0.05, 0.1) is 12.1 Å². The van der Waals surface area contributed by atoms with Crippen LogP contribution in [0.25, 0.3) is 5.57 Å². The zero-order chi connectivity index (χ0) is 23.0. The van der Waals surface area contributed by atoms with Gasteiger partial charge in [0.1, 0.15) is 12.1 Å². The molecule has 33 heavy (non-hydrogen) atoms. The minimum Gasteiger partial charge on any atom is -0.348 e. The third kappa shape index (κ3) is 4.59. The van der Waals surface area contributed by atoms with Gasteiger partial charge < -0.3 is 9.80 Å². The Morgan fingerprint density at radius 3 is 2.55 bits per heavy atom. The second-order valence-electron chi connectivity index (χ2n) is 8.95. The number of benzene rings is 1. The number of likely N-dealkylation sites (tertiary alicyclic amines) is 1. The SMILES string of the molecule is O=C(CN1CC2CCC(C1)N2c1ccncn1)N1CC=C(c2cccc(C(F)(F)F)c2)CC1. The van der Waals surface area contributed by atoms with E-state index >= 15 is 0 Å². The molecule has 1 amide bonds. The number of anilines is 1. The second-order valence-corrected chi connectivity index (χ2v) is 8.95. The predicted molar refractivity (Wildman–Crippen MR) is 118 cm³/mol. The smallest absolute Gasteiger partial charge is 0.348 e. The molecule has 3 aliphatic rings. The number of rotatable bonds is 4. The van der Waals surface area contributed by atoms with Crippen molar-refractivity contribution < 1.29 is 18.0 Å². The summed E-state index contributed by atoms with van der Waals surface area (Å²) in [5, 5.41) is 0. The molecular weight excluding hydrogens is 431 g/mol. The van der Waals surface area contributed by atoms with E-state index < -0.39 is 11.7 Å². The van der Waals surface area contributed by atoms with Gasteiger partial charge in [-0.05, 0) is 48.6 Å². The predicted octanol–water partition coefficient (Wildman–Crippen LogP) is 3.46. The maximum absolute atomic E-state index is 13.0. The lowest BCUT2D eigenvalue weighted by atomic mass is 9.97. The van der Waals surface area contributed by atoms with Gasteiger partial charge in [0.25, 0.3) is 0 Å². The van der Waals surface area contributed by atoms with Gasteiger partial charge in [-0.3, -0.25) is 9.69 Å². The van der Waals surface area contributed by atoms with E-state index in [4.69, 9.17) is 0 Å². The van der Waals surface area contributed by atoms with Crippen LogP contribution in [0.5, 0.6) is 0 Å². The molecule has 5 rings (SSSR count). The van der Waals surface area contributed by atoms with Crippen molar-refractivity contribution in [2.45, 2.75) is 37.5 Å². The van der Waals surface area contributed by atoms with Crippen molar-refractivity contribution in [3.8, 4) is 0 Å². The molecule has 2 saturated heterocycles. The van der Waals surface area contributed by atoms with Crippen LogP contribution in [-0.4, -0.2) is 70.5 Å². The highest BCUT2D eigenvalue weighted by molar-refractivity contribution is 5.80. The van der Waals surface area contributed by atoms with Crippen LogP contribution in [0.3, 0.4) is 0 Å². The van der Waals surface area contributed by atoms with E-state index in [1.54, 1.807) is 23.5 Å². The molecule has 0 aliphatic carbocycles. The molecule has 0 N–H and O–H groups in total. The molecule has 2 atom stereocenters. The number of carbonyl (C=O) groups is 1. The number of carbonyl (C=O) groups excluding carboxylic acids is 1. The number of nitrogens with zero attached hydrogens (tertiary/aromatic N) is 5. The average Bonchev–Trinajstić information content (AvgIpc) is 3.09. The first kappa shape index (κ1) is 21.9. The highest BCUT2D eigenvalue weighted by Crippen LogP contribution is 2.34. The highest BCUT2D eigenvalue weighted by Gasteiger charge is 2.41. The minimum absolute atomic E-state index is 0.0734. The van der Waals surface area contributed by atoms with E-state index in [9.17, 15) is 18.0 Å². The van der Waals surface area contributed by atoms with Crippen LogP contribution in [0.2, 0.25) is 0 Å². The van der Waals surface area contributed by atoms with Crippen molar-refractivity contribution in [2.75, 3.05) is 37.6 Å². The summed E-state index contributed by atoms with van der Waals surface area (Å²) >= 11 is 0. The summed E-state index contributed by atoms with van der Waals surface area (Å²) in [6, 6.07) is 8.04. The van der Waals surface area contributed by atoms with E-state index in [1.165, 1.54) is 12.1 Å².